The molecule has 1 saturated heterocycles. The Morgan fingerprint density at radius 1 is 1.11 bits per heavy atom. The number of fused-ring (bicyclic) bond motifs is 2. The molecule has 4 aromatic rings. The number of halogens is 4. The number of carbonyl (C=O) groups is 2. The van der Waals surface area contributed by atoms with Gasteiger partial charge in [-0.3, -0.25) is 14.8 Å². The molecular formula is C22H17F4N7O2. The number of amides is 3. The van der Waals surface area contributed by atoms with Gasteiger partial charge in [-0.2, -0.15) is 32.3 Å². The number of hydrogen-bond donors (Lipinski definition) is 2. The summed E-state index contributed by atoms with van der Waals surface area (Å²) in [5, 5.41) is 13.4. The molecule has 3 atom stereocenters. The van der Waals surface area contributed by atoms with Crippen molar-refractivity contribution in [3.63, 3.8) is 0 Å². The number of carbonyl (C=O) groups excluding carboxylic acids is 2. The predicted octanol–water partition coefficient (Wildman–Crippen LogP) is 2.97. The largest absolute Gasteiger partial charge is 0.408 e. The number of alkyl halides is 3. The van der Waals surface area contributed by atoms with Crippen LogP contribution in [0.3, 0.4) is 0 Å². The molecular weight excluding hydrogens is 470 g/mol. The number of aromatic nitrogens is 5. The molecule has 180 valence electrons. The average Bonchev–Trinajstić information content (AvgIpc) is 3.38. The fourth-order valence-corrected chi connectivity index (χ4v) is 4.72. The molecule has 0 bridgehead atoms. The van der Waals surface area contributed by atoms with Crippen molar-refractivity contribution in [1.29, 1.82) is 0 Å². The summed E-state index contributed by atoms with van der Waals surface area (Å²) in [4.78, 5) is 27.9. The normalized spacial score (nSPS) is 22.5. The van der Waals surface area contributed by atoms with Crippen molar-refractivity contribution >= 4 is 28.5 Å². The zero-order chi connectivity index (χ0) is 24.5. The van der Waals surface area contributed by atoms with Gasteiger partial charge in [0.2, 0.25) is 11.9 Å². The van der Waals surface area contributed by atoms with Crippen LogP contribution in [-0.4, -0.2) is 49.0 Å². The van der Waals surface area contributed by atoms with Gasteiger partial charge in [0.15, 0.2) is 5.65 Å². The van der Waals surface area contributed by atoms with E-state index in [0.29, 0.717) is 28.5 Å². The first kappa shape index (κ1) is 21.5. The van der Waals surface area contributed by atoms with Gasteiger partial charge in [0, 0.05) is 17.5 Å². The summed E-state index contributed by atoms with van der Waals surface area (Å²) in [5.41, 5.74) is 2.48. The molecule has 2 fully saturated rings. The molecule has 0 radical (unpaired) electrons. The number of nitrogens with one attached hydrogen (secondary N) is 2. The van der Waals surface area contributed by atoms with Crippen LogP contribution in [-0.2, 0) is 11.3 Å². The fourth-order valence-electron chi connectivity index (χ4n) is 4.72. The van der Waals surface area contributed by atoms with E-state index in [9.17, 15) is 27.2 Å². The molecule has 1 aromatic carbocycles. The highest BCUT2D eigenvalue weighted by Crippen LogP contribution is 2.56. The minimum atomic E-state index is -4.40. The smallest absolute Gasteiger partial charge is 0.337 e. The predicted molar refractivity (Wildman–Crippen MR) is 113 cm³/mol. The second kappa shape index (κ2) is 7.48. The Kier molecular flexibility index (Phi) is 4.60. The molecule has 1 saturated carbocycles. The van der Waals surface area contributed by atoms with Gasteiger partial charge in [0.25, 0.3) is 0 Å². The van der Waals surface area contributed by atoms with Crippen molar-refractivity contribution in [1.82, 2.24) is 35.0 Å². The first-order valence-corrected chi connectivity index (χ1v) is 10.8. The van der Waals surface area contributed by atoms with E-state index in [1.54, 1.807) is 18.2 Å². The molecule has 1 aliphatic heterocycles. The van der Waals surface area contributed by atoms with Crippen LogP contribution in [0.1, 0.15) is 41.0 Å². The Bertz CT molecular complexity index is 1510. The van der Waals surface area contributed by atoms with Crippen molar-refractivity contribution in [3.8, 4) is 0 Å². The molecule has 0 spiro atoms. The number of benzene rings is 1. The van der Waals surface area contributed by atoms with Crippen LogP contribution >= 0.6 is 0 Å². The Morgan fingerprint density at radius 2 is 1.94 bits per heavy atom. The van der Waals surface area contributed by atoms with E-state index >= 15 is 0 Å². The van der Waals surface area contributed by atoms with E-state index < -0.39 is 36.5 Å². The third-order valence-corrected chi connectivity index (χ3v) is 6.47. The van der Waals surface area contributed by atoms with Gasteiger partial charge >= 0.3 is 12.2 Å². The Morgan fingerprint density at radius 3 is 2.71 bits per heavy atom. The lowest BCUT2D eigenvalue weighted by molar-refractivity contribution is -0.141. The number of nitrogens with zero attached hydrogens (tertiary/aromatic N) is 5. The van der Waals surface area contributed by atoms with E-state index in [1.165, 1.54) is 6.20 Å². The lowest BCUT2D eigenvalue weighted by atomic mass is 9.99. The van der Waals surface area contributed by atoms with E-state index in [2.05, 4.69) is 25.8 Å². The molecule has 13 heteroatoms. The van der Waals surface area contributed by atoms with Crippen molar-refractivity contribution in [3.05, 3.63) is 59.4 Å². The number of imidazole rings is 1. The van der Waals surface area contributed by atoms with Gasteiger partial charge in [0.05, 0.1) is 29.5 Å². The highest BCUT2D eigenvalue weighted by Gasteiger charge is 2.42. The molecule has 1 aliphatic carbocycles. The van der Waals surface area contributed by atoms with Crippen molar-refractivity contribution in [2.45, 2.75) is 36.9 Å². The molecule has 2 aliphatic rings. The summed E-state index contributed by atoms with van der Waals surface area (Å²) in [5.74, 6) is -2.17. The minimum Gasteiger partial charge on any atom is -0.337 e. The van der Waals surface area contributed by atoms with Gasteiger partial charge in [0.1, 0.15) is 6.54 Å². The molecule has 4 heterocycles. The highest BCUT2D eigenvalue weighted by molar-refractivity contribution is 6.00. The summed E-state index contributed by atoms with van der Waals surface area (Å²) in [6.45, 7) is -1.16. The van der Waals surface area contributed by atoms with Crippen LogP contribution < -0.4 is 10.6 Å². The van der Waals surface area contributed by atoms with Crippen molar-refractivity contribution < 1.29 is 27.2 Å². The maximum Gasteiger partial charge on any atom is 0.408 e. The Labute approximate surface area is 194 Å². The van der Waals surface area contributed by atoms with Crippen LogP contribution in [0.5, 0.6) is 0 Å². The van der Waals surface area contributed by atoms with Crippen LogP contribution in [0.4, 0.5) is 22.4 Å². The molecule has 6 rings (SSSR count). The SMILES string of the molecule is O=C1NCC(c2cc([C@H]3C[C@@H]3c3ccc4cnn(CC(F)(F)F)c4c3)c3ncc(F)n3n2)C(=O)N1. The number of rotatable bonds is 4. The van der Waals surface area contributed by atoms with Crippen LogP contribution in [0.25, 0.3) is 16.6 Å². The molecule has 3 amide bonds. The van der Waals surface area contributed by atoms with Gasteiger partial charge in [-0.25, -0.2) is 9.78 Å². The summed E-state index contributed by atoms with van der Waals surface area (Å²) in [6.07, 6.45) is -1.29. The molecule has 9 nitrogen and oxygen atoms in total. The van der Waals surface area contributed by atoms with E-state index in [0.717, 1.165) is 21.0 Å². The van der Waals surface area contributed by atoms with Crippen molar-refractivity contribution in [2.75, 3.05) is 6.54 Å². The topological polar surface area (TPSA) is 106 Å². The zero-order valence-electron chi connectivity index (χ0n) is 17.9. The third-order valence-electron chi connectivity index (χ3n) is 6.47. The summed E-state index contributed by atoms with van der Waals surface area (Å²) >= 11 is 0. The summed E-state index contributed by atoms with van der Waals surface area (Å²) in [6, 6.07) is 6.37. The first-order chi connectivity index (χ1) is 16.7. The standard InChI is InChI=1S/C22H17F4N7O2/c23-18-8-27-19-14(5-16(31-33(18)19)15-7-28-21(35)30-20(15)34)13-4-12(13)10-1-2-11-6-29-32(17(11)3-10)9-22(24,25)26/h1-3,5-6,8,12-13,15H,4,7,9H2,(H2,28,30,34,35)/t12-,13+,15?/m1/s1. The number of imide groups is 1. The number of hydrogen-bond acceptors (Lipinski definition) is 5. The maximum absolute atomic E-state index is 14.4. The first-order valence-electron chi connectivity index (χ1n) is 10.8. The molecule has 2 N–H and O–H groups in total. The number of urea groups is 1. The van der Waals surface area contributed by atoms with Crippen LogP contribution in [0.2, 0.25) is 0 Å². The maximum atomic E-state index is 14.4. The van der Waals surface area contributed by atoms with Gasteiger partial charge < -0.3 is 5.32 Å². The van der Waals surface area contributed by atoms with Crippen molar-refractivity contribution in [2.24, 2.45) is 0 Å². The van der Waals surface area contributed by atoms with Gasteiger partial charge in [-0.1, -0.05) is 12.1 Å². The minimum absolute atomic E-state index is 0.0207. The van der Waals surface area contributed by atoms with E-state index in [1.807, 2.05) is 6.07 Å². The molecule has 35 heavy (non-hydrogen) atoms. The molecule has 1 unspecified atom stereocenters. The van der Waals surface area contributed by atoms with Gasteiger partial charge in [-0.05, 0) is 36.0 Å². The van der Waals surface area contributed by atoms with Crippen LogP contribution in [0.15, 0.2) is 36.7 Å². The quantitative estimate of drug-likeness (QED) is 0.431. The second-order valence-electron chi connectivity index (χ2n) is 8.78. The summed E-state index contributed by atoms with van der Waals surface area (Å²) in [7, 11) is 0. The zero-order valence-corrected chi connectivity index (χ0v) is 17.9. The fraction of sp³-hybridized carbons (Fsp3) is 0.318. The van der Waals surface area contributed by atoms with E-state index in [-0.39, 0.29) is 24.1 Å². The Balaban J connectivity index is 1.36. The lowest BCUT2D eigenvalue weighted by Gasteiger charge is -2.22. The van der Waals surface area contributed by atoms with Gasteiger partial charge in [-0.15, -0.1) is 0 Å². The van der Waals surface area contributed by atoms with Crippen LogP contribution in [0, 0.1) is 5.95 Å². The second-order valence-corrected chi connectivity index (χ2v) is 8.78. The monoisotopic (exact) mass is 487 g/mol. The lowest BCUT2D eigenvalue weighted by Crippen LogP contribution is -2.51. The Hall–Kier alpha value is -4.03. The highest BCUT2D eigenvalue weighted by atomic mass is 19.4. The average molecular weight is 487 g/mol. The summed E-state index contributed by atoms with van der Waals surface area (Å²) < 4.78 is 55.2. The third kappa shape index (κ3) is 3.76. The molecule has 3 aromatic heterocycles. The van der Waals surface area contributed by atoms with E-state index in [4.69, 9.17) is 0 Å².